The molecule has 0 amide bonds. The van der Waals surface area contributed by atoms with Crippen molar-refractivity contribution < 1.29 is 13.9 Å². The van der Waals surface area contributed by atoms with Gasteiger partial charge in [0, 0.05) is 0 Å². The molecule has 0 aliphatic rings. The van der Waals surface area contributed by atoms with Crippen LogP contribution < -0.4 is 7.86 Å². The summed E-state index contributed by atoms with van der Waals surface area (Å²) in [4.78, 5) is 18.6. The monoisotopic (exact) mass is 478 g/mol. The molecule has 0 atom stereocenters. The molecule has 0 spiro atoms. The van der Waals surface area contributed by atoms with Crippen molar-refractivity contribution in [2.24, 2.45) is 0 Å². The molecule has 0 unspecified atom stereocenters. The zero-order chi connectivity index (χ0) is 15.2. The first-order valence-corrected chi connectivity index (χ1v) is 8.77. The van der Waals surface area contributed by atoms with Gasteiger partial charge in [-0.1, -0.05) is 0 Å². The van der Waals surface area contributed by atoms with Gasteiger partial charge in [0.1, 0.15) is 0 Å². The van der Waals surface area contributed by atoms with Gasteiger partial charge in [-0.3, -0.25) is 0 Å². The number of aryl methyl sites for hydroxylation is 2. The number of nitrogens with zero attached hydrogens (tertiary/aromatic N) is 2. The number of hydrogen-bond donors (Lipinski definition) is 0. The fraction of sp³-hybridized carbons (Fsp3) is 0.267. The van der Waals surface area contributed by atoms with E-state index in [1.807, 2.05) is 6.20 Å². The summed E-state index contributed by atoms with van der Waals surface area (Å²) in [6.45, 7) is 0. The topological polar surface area (TPSA) is 52.1 Å². The van der Waals surface area contributed by atoms with Crippen LogP contribution in [0.25, 0.3) is 0 Å². The third-order valence-corrected chi connectivity index (χ3v) is 4.31. The molecule has 0 aliphatic heterocycles. The Hall–Kier alpha value is -1.38. The number of hydrogen-bond acceptors (Lipinski definition) is 4. The molecule has 0 bridgehead atoms. The number of pyridine rings is 2. The van der Waals surface area contributed by atoms with Crippen LogP contribution in [0, 0.1) is 5.95 Å². The molecule has 0 fully saturated rings. The summed E-state index contributed by atoms with van der Waals surface area (Å²) in [6, 6.07) is 5.26. The molecule has 0 aromatic carbocycles. The van der Waals surface area contributed by atoms with Crippen molar-refractivity contribution in [3.05, 3.63) is 47.2 Å². The van der Waals surface area contributed by atoms with E-state index in [1.165, 1.54) is 9.19 Å². The van der Waals surface area contributed by atoms with Gasteiger partial charge in [-0.25, -0.2) is 0 Å². The summed E-state index contributed by atoms with van der Waals surface area (Å²) in [6.07, 6.45) is 4.57. The number of aromatic nitrogens is 2. The molecule has 0 aliphatic carbocycles. The van der Waals surface area contributed by atoms with Gasteiger partial charge in [0.15, 0.2) is 0 Å². The SMILES string of the molecule is COc1nc[c]([Tl])cc1CCCc1ccc(C=O)c(F)n1. The van der Waals surface area contributed by atoms with Gasteiger partial charge in [-0.2, -0.15) is 0 Å². The van der Waals surface area contributed by atoms with Crippen molar-refractivity contribution in [3.63, 3.8) is 0 Å². The van der Waals surface area contributed by atoms with Crippen LogP contribution in [-0.2, 0) is 12.8 Å². The molecular weight excluding hydrogens is 464 g/mol. The Labute approximate surface area is 138 Å². The minimum absolute atomic E-state index is 0.00532. The molecule has 0 N–H and O–H groups in total. The molecular formula is C15H14FN2O2Tl. The summed E-state index contributed by atoms with van der Waals surface area (Å²) < 4.78 is 19.9. The minimum atomic E-state index is -0.704. The molecule has 2 aromatic heterocycles. The van der Waals surface area contributed by atoms with Crippen LogP contribution in [0.3, 0.4) is 0 Å². The summed E-state index contributed by atoms with van der Waals surface area (Å²) in [5.41, 5.74) is 1.71. The predicted molar refractivity (Wildman–Crippen MR) is 77.8 cm³/mol. The Morgan fingerprint density at radius 1 is 1.38 bits per heavy atom. The fourth-order valence-electron chi connectivity index (χ4n) is 2.05. The second-order valence-corrected chi connectivity index (χ2v) is 7.18. The Balaban J connectivity index is 2.00. The van der Waals surface area contributed by atoms with Gasteiger partial charge in [-0.05, 0) is 0 Å². The Morgan fingerprint density at radius 3 is 2.86 bits per heavy atom. The van der Waals surface area contributed by atoms with E-state index in [1.54, 1.807) is 13.2 Å². The van der Waals surface area contributed by atoms with Crippen molar-refractivity contribution in [1.29, 1.82) is 0 Å². The summed E-state index contributed by atoms with van der Waals surface area (Å²) in [5.74, 6) is -0.0562. The zero-order valence-electron chi connectivity index (χ0n) is 11.7. The predicted octanol–water partition coefficient (Wildman–Crippen LogP) is 1.41. The normalized spacial score (nSPS) is 10.3. The molecule has 0 saturated carbocycles. The molecule has 0 radical (unpaired) electrons. The fourth-order valence-corrected chi connectivity index (χ4v) is 3.12. The van der Waals surface area contributed by atoms with Crippen LogP contribution in [0.5, 0.6) is 5.88 Å². The van der Waals surface area contributed by atoms with Crippen molar-refractivity contribution in [2.45, 2.75) is 19.3 Å². The van der Waals surface area contributed by atoms with Gasteiger partial charge in [-0.15, -0.1) is 0 Å². The van der Waals surface area contributed by atoms with E-state index in [9.17, 15) is 9.18 Å². The molecule has 21 heavy (non-hydrogen) atoms. The molecule has 2 aromatic rings. The first-order valence-electron chi connectivity index (χ1n) is 6.53. The van der Waals surface area contributed by atoms with Crippen LogP contribution in [0.4, 0.5) is 4.39 Å². The summed E-state index contributed by atoms with van der Waals surface area (Å²) in [5, 5.41) is 0. The van der Waals surface area contributed by atoms with Gasteiger partial charge < -0.3 is 0 Å². The van der Waals surface area contributed by atoms with E-state index in [0.717, 1.165) is 44.2 Å². The van der Waals surface area contributed by atoms with Gasteiger partial charge in [0.2, 0.25) is 0 Å². The summed E-state index contributed by atoms with van der Waals surface area (Å²) in [7, 11) is 1.61. The van der Waals surface area contributed by atoms with Crippen molar-refractivity contribution in [1.82, 2.24) is 9.97 Å². The molecule has 4 nitrogen and oxygen atoms in total. The number of carbonyl (C=O) groups is 1. The second-order valence-electron chi connectivity index (χ2n) is 4.59. The number of rotatable bonds is 6. The van der Waals surface area contributed by atoms with E-state index in [2.05, 4.69) is 16.0 Å². The van der Waals surface area contributed by atoms with E-state index >= 15 is 0 Å². The number of ether oxygens (including phenoxy) is 1. The van der Waals surface area contributed by atoms with E-state index in [0.29, 0.717) is 24.3 Å². The van der Waals surface area contributed by atoms with Gasteiger partial charge >= 0.3 is 138 Å². The molecule has 0 saturated heterocycles. The van der Waals surface area contributed by atoms with Gasteiger partial charge in [0.05, 0.1) is 0 Å². The van der Waals surface area contributed by atoms with Crippen LogP contribution in [0.1, 0.15) is 28.0 Å². The average Bonchev–Trinajstić information content (AvgIpc) is 2.48. The molecule has 6 heteroatoms. The number of carbonyl (C=O) groups excluding carboxylic acids is 1. The van der Waals surface area contributed by atoms with E-state index in [4.69, 9.17) is 4.74 Å². The second kappa shape index (κ2) is 7.58. The maximum atomic E-state index is 13.4. The standard InChI is InChI=1S/C15H14FN2O2.Tl/c1-20-15-11(5-3-9-17-15)4-2-6-13-8-7-12(10-19)14(16)18-13;/h5,7-10H,2,4,6H2,1H3;. The third kappa shape index (κ3) is 4.29. The van der Waals surface area contributed by atoms with Crippen molar-refractivity contribution >= 4 is 35.2 Å². The third-order valence-electron chi connectivity index (χ3n) is 3.08. The first-order chi connectivity index (χ1) is 10.1. The van der Waals surface area contributed by atoms with E-state index < -0.39 is 5.95 Å². The van der Waals surface area contributed by atoms with Crippen LogP contribution >= 0.6 is 0 Å². The Bertz CT molecular complexity index is 650. The Morgan fingerprint density at radius 2 is 2.19 bits per heavy atom. The number of aldehydes is 1. The van der Waals surface area contributed by atoms with Crippen molar-refractivity contribution in [2.75, 3.05) is 7.11 Å². The number of methoxy groups -OCH3 is 1. The Kier molecular flexibility index (Phi) is 5.77. The van der Waals surface area contributed by atoms with Crippen LogP contribution in [0.15, 0.2) is 24.4 Å². The van der Waals surface area contributed by atoms with Crippen molar-refractivity contribution in [3.8, 4) is 5.88 Å². The van der Waals surface area contributed by atoms with Crippen LogP contribution in [0.2, 0.25) is 0 Å². The maximum absolute atomic E-state index is 13.4. The average molecular weight is 478 g/mol. The number of halogens is 1. The first kappa shape index (κ1) is 16.0. The summed E-state index contributed by atoms with van der Waals surface area (Å²) >= 11 is 0.735. The molecule has 2 heterocycles. The molecule has 106 valence electrons. The molecule has 2 rings (SSSR count). The quantitative estimate of drug-likeness (QED) is 0.359. The van der Waals surface area contributed by atoms with Crippen LogP contribution in [-0.4, -0.2) is 49.1 Å². The van der Waals surface area contributed by atoms with E-state index in [-0.39, 0.29) is 5.56 Å². The zero-order valence-corrected chi connectivity index (χ0v) is 16.2. The van der Waals surface area contributed by atoms with Gasteiger partial charge in [0.25, 0.3) is 0 Å².